The molecule has 0 atom stereocenters. The highest BCUT2D eigenvalue weighted by Gasteiger charge is 2.15. The van der Waals surface area contributed by atoms with E-state index in [1.165, 1.54) is 0 Å². The molecular formula is C17H19NO2. The third-order valence-electron chi connectivity index (χ3n) is 3.17. The highest BCUT2D eigenvalue weighted by molar-refractivity contribution is 6.02. The average molecular weight is 269 g/mol. The molecule has 104 valence electrons. The Labute approximate surface area is 119 Å². The van der Waals surface area contributed by atoms with Crippen LogP contribution in [0.25, 0.3) is 0 Å². The molecule has 0 fully saturated rings. The van der Waals surface area contributed by atoms with Gasteiger partial charge in [0.15, 0.2) is 5.78 Å². The second kappa shape index (κ2) is 6.24. The molecule has 3 nitrogen and oxygen atoms in total. The van der Waals surface area contributed by atoms with Crippen LogP contribution in [0.5, 0.6) is 5.75 Å². The Bertz CT molecular complexity index is 606. The molecule has 0 aliphatic heterocycles. The minimum atomic E-state index is 0.0307. The van der Waals surface area contributed by atoms with Gasteiger partial charge in [0, 0.05) is 5.69 Å². The number of rotatable bonds is 5. The monoisotopic (exact) mass is 269 g/mol. The normalized spacial score (nSPS) is 10.2. The maximum Gasteiger partial charge on any atom is 0.185 e. The molecule has 0 heterocycles. The van der Waals surface area contributed by atoms with E-state index in [1.807, 2.05) is 56.3 Å². The van der Waals surface area contributed by atoms with Gasteiger partial charge in [0.1, 0.15) is 5.75 Å². The van der Waals surface area contributed by atoms with Crippen LogP contribution >= 0.6 is 0 Å². The van der Waals surface area contributed by atoms with Gasteiger partial charge in [-0.3, -0.25) is 4.79 Å². The van der Waals surface area contributed by atoms with Gasteiger partial charge in [0.2, 0.25) is 0 Å². The quantitative estimate of drug-likeness (QED) is 0.843. The van der Waals surface area contributed by atoms with Crippen molar-refractivity contribution in [1.29, 1.82) is 0 Å². The molecule has 0 unspecified atom stereocenters. The maximum atomic E-state index is 12.4. The number of ketones is 1. The van der Waals surface area contributed by atoms with Gasteiger partial charge in [0.05, 0.1) is 19.2 Å². The van der Waals surface area contributed by atoms with E-state index in [0.29, 0.717) is 11.3 Å². The van der Waals surface area contributed by atoms with E-state index in [-0.39, 0.29) is 12.3 Å². The lowest BCUT2D eigenvalue weighted by Crippen LogP contribution is -2.16. The minimum Gasteiger partial charge on any atom is -0.496 e. The van der Waals surface area contributed by atoms with Crippen LogP contribution in [0, 0.1) is 13.8 Å². The number of nitrogens with one attached hydrogen (secondary N) is 1. The number of anilines is 1. The molecular weight excluding hydrogens is 250 g/mol. The first-order chi connectivity index (χ1) is 9.61. The summed E-state index contributed by atoms with van der Waals surface area (Å²) in [5.41, 5.74) is 3.62. The lowest BCUT2D eigenvalue weighted by atomic mass is 10.0. The van der Waals surface area contributed by atoms with Gasteiger partial charge in [-0.1, -0.05) is 24.3 Å². The molecule has 0 aliphatic carbocycles. The van der Waals surface area contributed by atoms with E-state index < -0.39 is 0 Å². The van der Waals surface area contributed by atoms with Gasteiger partial charge in [-0.2, -0.15) is 0 Å². The van der Waals surface area contributed by atoms with Crippen molar-refractivity contribution in [3.8, 4) is 5.75 Å². The van der Waals surface area contributed by atoms with E-state index in [2.05, 4.69) is 5.32 Å². The van der Waals surface area contributed by atoms with Crippen molar-refractivity contribution in [2.45, 2.75) is 13.8 Å². The summed E-state index contributed by atoms with van der Waals surface area (Å²) in [4.78, 5) is 12.4. The summed E-state index contributed by atoms with van der Waals surface area (Å²) >= 11 is 0. The Balaban J connectivity index is 2.17. The SMILES string of the molecule is COc1cc(C)cc(C)c1C(=O)CNc1ccccc1. The lowest BCUT2D eigenvalue weighted by molar-refractivity contribution is 0.100. The van der Waals surface area contributed by atoms with Gasteiger partial charge in [-0.25, -0.2) is 0 Å². The second-order valence-corrected chi connectivity index (χ2v) is 4.80. The molecule has 20 heavy (non-hydrogen) atoms. The molecule has 2 rings (SSSR count). The summed E-state index contributed by atoms with van der Waals surface area (Å²) in [6.07, 6.45) is 0. The van der Waals surface area contributed by atoms with Gasteiger partial charge < -0.3 is 10.1 Å². The molecule has 3 heteroatoms. The van der Waals surface area contributed by atoms with Gasteiger partial charge in [0.25, 0.3) is 0 Å². The fourth-order valence-electron chi connectivity index (χ4n) is 2.27. The zero-order chi connectivity index (χ0) is 14.5. The van der Waals surface area contributed by atoms with Crippen molar-refractivity contribution >= 4 is 11.5 Å². The Morgan fingerprint density at radius 2 is 1.85 bits per heavy atom. The number of carbonyl (C=O) groups excluding carboxylic acids is 1. The zero-order valence-corrected chi connectivity index (χ0v) is 12.1. The number of para-hydroxylation sites is 1. The maximum absolute atomic E-state index is 12.4. The Morgan fingerprint density at radius 3 is 2.50 bits per heavy atom. The van der Waals surface area contributed by atoms with Crippen molar-refractivity contribution in [1.82, 2.24) is 0 Å². The molecule has 0 amide bonds. The number of ether oxygens (including phenoxy) is 1. The molecule has 0 spiro atoms. The molecule has 2 aromatic rings. The average Bonchev–Trinajstić information content (AvgIpc) is 2.45. The molecule has 0 aliphatic rings. The highest BCUT2D eigenvalue weighted by atomic mass is 16.5. The fourth-order valence-corrected chi connectivity index (χ4v) is 2.27. The number of methoxy groups -OCH3 is 1. The minimum absolute atomic E-state index is 0.0307. The van der Waals surface area contributed by atoms with Gasteiger partial charge >= 0.3 is 0 Å². The summed E-state index contributed by atoms with van der Waals surface area (Å²) in [5, 5.41) is 3.13. The number of aryl methyl sites for hydroxylation is 2. The second-order valence-electron chi connectivity index (χ2n) is 4.80. The number of carbonyl (C=O) groups is 1. The number of Topliss-reactive ketones (excluding diaryl/α,β-unsaturated/α-hetero) is 1. The Hall–Kier alpha value is -2.29. The molecule has 0 radical (unpaired) electrons. The number of hydrogen-bond acceptors (Lipinski definition) is 3. The summed E-state index contributed by atoms with van der Waals surface area (Å²) in [6, 6.07) is 13.6. The third-order valence-corrected chi connectivity index (χ3v) is 3.17. The van der Waals surface area contributed by atoms with Crippen LogP contribution in [0.3, 0.4) is 0 Å². The fraction of sp³-hybridized carbons (Fsp3) is 0.235. The molecule has 1 N–H and O–H groups in total. The van der Waals surface area contributed by atoms with E-state index in [0.717, 1.165) is 16.8 Å². The van der Waals surface area contributed by atoms with Crippen molar-refractivity contribution in [2.24, 2.45) is 0 Å². The largest absolute Gasteiger partial charge is 0.496 e. The van der Waals surface area contributed by atoms with Crippen molar-refractivity contribution in [3.63, 3.8) is 0 Å². The summed E-state index contributed by atoms with van der Waals surface area (Å²) in [6.45, 7) is 4.18. The van der Waals surface area contributed by atoms with Gasteiger partial charge in [-0.15, -0.1) is 0 Å². The lowest BCUT2D eigenvalue weighted by Gasteiger charge is -2.13. The van der Waals surface area contributed by atoms with Crippen LogP contribution in [-0.4, -0.2) is 19.4 Å². The summed E-state index contributed by atoms with van der Waals surface area (Å²) in [7, 11) is 1.59. The molecule has 2 aromatic carbocycles. The van der Waals surface area contributed by atoms with E-state index in [9.17, 15) is 4.79 Å². The summed E-state index contributed by atoms with van der Waals surface area (Å²) < 4.78 is 5.33. The topological polar surface area (TPSA) is 38.3 Å². The van der Waals surface area contributed by atoms with E-state index in [4.69, 9.17) is 4.74 Å². The molecule has 0 bridgehead atoms. The number of benzene rings is 2. The van der Waals surface area contributed by atoms with E-state index in [1.54, 1.807) is 7.11 Å². The van der Waals surface area contributed by atoms with Gasteiger partial charge in [-0.05, 0) is 43.2 Å². The highest BCUT2D eigenvalue weighted by Crippen LogP contribution is 2.24. The first kappa shape index (κ1) is 14.1. The third kappa shape index (κ3) is 3.18. The molecule has 0 aromatic heterocycles. The Morgan fingerprint density at radius 1 is 1.15 bits per heavy atom. The molecule has 0 saturated carbocycles. The number of hydrogen-bond donors (Lipinski definition) is 1. The van der Waals surface area contributed by atoms with Crippen LogP contribution in [-0.2, 0) is 0 Å². The van der Waals surface area contributed by atoms with Crippen LogP contribution < -0.4 is 10.1 Å². The van der Waals surface area contributed by atoms with Crippen LogP contribution in [0.1, 0.15) is 21.5 Å². The molecule has 0 saturated heterocycles. The van der Waals surface area contributed by atoms with Crippen LogP contribution in [0.15, 0.2) is 42.5 Å². The van der Waals surface area contributed by atoms with Crippen molar-refractivity contribution in [2.75, 3.05) is 19.0 Å². The zero-order valence-electron chi connectivity index (χ0n) is 12.1. The first-order valence-corrected chi connectivity index (χ1v) is 6.59. The predicted molar refractivity (Wildman–Crippen MR) is 81.7 cm³/mol. The standard InChI is InChI=1S/C17H19NO2/c1-12-9-13(2)17(16(10-12)20-3)15(19)11-18-14-7-5-4-6-8-14/h4-10,18H,11H2,1-3H3. The first-order valence-electron chi connectivity index (χ1n) is 6.59. The van der Waals surface area contributed by atoms with Crippen molar-refractivity contribution in [3.05, 3.63) is 59.2 Å². The van der Waals surface area contributed by atoms with Crippen molar-refractivity contribution < 1.29 is 9.53 Å². The van der Waals surface area contributed by atoms with E-state index >= 15 is 0 Å². The van der Waals surface area contributed by atoms with Crippen LogP contribution in [0.4, 0.5) is 5.69 Å². The van der Waals surface area contributed by atoms with Crippen LogP contribution in [0.2, 0.25) is 0 Å². The smallest absolute Gasteiger partial charge is 0.185 e. The summed E-state index contributed by atoms with van der Waals surface area (Å²) in [5.74, 6) is 0.672. The predicted octanol–water partition coefficient (Wildman–Crippen LogP) is 3.61. The Kier molecular flexibility index (Phi) is 4.41.